The van der Waals surface area contributed by atoms with Crippen LogP contribution in [0.2, 0.25) is 0 Å². The highest BCUT2D eigenvalue weighted by molar-refractivity contribution is 5.42. The minimum Gasteiger partial charge on any atom is -0.508 e. The van der Waals surface area contributed by atoms with Crippen molar-refractivity contribution in [2.45, 2.75) is 6.04 Å². The molecule has 1 fully saturated rings. The molecule has 2 rings (SSSR count). The smallest absolute Gasteiger partial charge is 0.127 e. The number of piperazine rings is 1. The van der Waals surface area contributed by atoms with Gasteiger partial charge in [0.2, 0.25) is 0 Å². The fraction of sp³-hybridized carbons (Fsp3) is 0.455. The van der Waals surface area contributed by atoms with Crippen LogP contribution in [-0.4, -0.2) is 31.9 Å². The molecule has 0 saturated carbocycles. The Morgan fingerprint density at radius 1 is 1.40 bits per heavy atom. The molecule has 0 bridgehead atoms. The summed E-state index contributed by atoms with van der Waals surface area (Å²) in [4.78, 5) is 0. The molecule has 0 amide bonds. The number of nitrogens with one attached hydrogen (secondary N) is 2. The first-order valence-electron chi connectivity index (χ1n) is 5.12. The van der Waals surface area contributed by atoms with Gasteiger partial charge in [0.1, 0.15) is 11.5 Å². The van der Waals surface area contributed by atoms with Crippen molar-refractivity contribution in [2.24, 2.45) is 0 Å². The Bertz CT molecular complexity index is 335. The molecule has 3 N–H and O–H groups in total. The maximum atomic E-state index is 9.35. The van der Waals surface area contributed by atoms with E-state index in [2.05, 4.69) is 10.6 Å². The van der Waals surface area contributed by atoms with Crippen LogP contribution in [0.5, 0.6) is 11.5 Å². The molecule has 82 valence electrons. The van der Waals surface area contributed by atoms with Gasteiger partial charge in [-0.3, -0.25) is 0 Å². The average Bonchev–Trinajstić information content (AvgIpc) is 2.30. The van der Waals surface area contributed by atoms with E-state index in [0.29, 0.717) is 0 Å². The van der Waals surface area contributed by atoms with Crippen molar-refractivity contribution in [2.75, 3.05) is 26.7 Å². The number of aromatic hydroxyl groups is 1. The maximum absolute atomic E-state index is 9.35. The van der Waals surface area contributed by atoms with E-state index in [4.69, 9.17) is 4.74 Å². The molecule has 1 aliphatic rings. The van der Waals surface area contributed by atoms with Gasteiger partial charge in [-0.05, 0) is 6.07 Å². The van der Waals surface area contributed by atoms with Crippen LogP contribution in [0.25, 0.3) is 0 Å². The molecule has 0 unspecified atom stereocenters. The molecule has 1 atom stereocenters. The number of rotatable bonds is 2. The van der Waals surface area contributed by atoms with Gasteiger partial charge in [-0.1, -0.05) is 6.07 Å². The number of hydrogen-bond acceptors (Lipinski definition) is 4. The molecule has 0 radical (unpaired) electrons. The van der Waals surface area contributed by atoms with Crippen LogP contribution in [0.3, 0.4) is 0 Å². The lowest BCUT2D eigenvalue weighted by Gasteiger charge is -2.26. The minimum atomic E-state index is 0.236. The van der Waals surface area contributed by atoms with Crippen LogP contribution >= 0.6 is 0 Å². The van der Waals surface area contributed by atoms with Gasteiger partial charge in [0.15, 0.2) is 0 Å². The summed E-state index contributed by atoms with van der Waals surface area (Å²) in [6, 6.07) is 5.49. The summed E-state index contributed by atoms with van der Waals surface area (Å²) in [5.41, 5.74) is 1.09. The highest BCUT2D eigenvalue weighted by atomic mass is 16.5. The fourth-order valence-corrected chi connectivity index (χ4v) is 1.86. The Hall–Kier alpha value is -1.26. The highest BCUT2D eigenvalue weighted by Crippen LogP contribution is 2.29. The molecule has 1 heterocycles. The molecule has 0 aliphatic carbocycles. The topological polar surface area (TPSA) is 53.5 Å². The van der Waals surface area contributed by atoms with Crippen molar-refractivity contribution in [3.63, 3.8) is 0 Å². The summed E-state index contributed by atoms with van der Waals surface area (Å²) in [5, 5.41) is 16.1. The van der Waals surface area contributed by atoms with Gasteiger partial charge in [0, 0.05) is 37.3 Å². The van der Waals surface area contributed by atoms with Crippen molar-refractivity contribution in [3.05, 3.63) is 23.8 Å². The van der Waals surface area contributed by atoms with Gasteiger partial charge in [-0.15, -0.1) is 0 Å². The van der Waals surface area contributed by atoms with Crippen LogP contribution in [0, 0.1) is 0 Å². The highest BCUT2D eigenvalue weighted by Gasteiger charge is 2.18. The van der Waals surface area contributed by atoms with E-state index >= 15 is 0 Å². The average molecular weight is 208 g/mol. The first-order chi connectivity index (χ1) is 7.31. The van der Waals surface area contributed by atoms with Crippen molar-refractivity contribution in [1.29, 1.82) is 0 Å². The zero-order valence-corrected chi connectivity index (χ0v) is 8.79. The number of phenols is 1. The Labute approximate surface area is 89.3 Å². The molecule has 4 heteroatoms. The molecule has 4 nitrogen and oxygen atoms in total. The zero-order chi connectivity index (χ0) is 10.7. The summed E-state index contributed by atoms with van der Waals surface area (Å²) in [5.74, 6) is 0.968. The van der Waals surface area contributed by atoms with Crippen LogP contribution in [-0.2, 0) is 0 Å². The predicted octanol–water partition coefficient (Wildman–Crippen LogP) is 0.635. The van der Waals surface area contributed by atoms with Crippen molar-refractivity contribution in [1.82, 2.24) is 10.6 Å². The monoisotopic (exact) mass is 208 g/mol. The SMILES string of the molecule is COc1cc(O)ccc1[C@@H]1CNCCN1. The lowest BCUT2D eigenvalue weighted by atomic mass is 10.0. The van der Waals surface area contributed by atoms with E-state index < -0.39 is 0 Å². The molecule has 15 heavy (non-hydrogen) atoms. The first-order valence-corrected chi connectivity index (χ1v) is 5.12. The molecular weight excluding hydrogens is 192 g/mol. The van der Waals surface area contributed by atoms with Crippen molar-refractivity contribution < 1.29 is 9.84 Å². The third-order valence-electron chi connectivity index (χ3n) is 2.63. The normalized spacial score (nSPS) is 21.3. The summed E-state index contributed by atoms with van der Waals surface area (Å²) >= 11 is 0. The Balaban J connectivity index is 2.25. The predicted molar refractivity (Wildman–Crippen MR) is 58.3 cm³/mol. The molecule has 1 aliphatic heterocycles. The van der Waals surface area contributed by atoms with Gasteiger partial charge in [-0.2, -0.15) is 0 Å². The zero-order valence-electron chi connectivity index (χ0n) is 8.79. The van der Waals surface area contributed by atoms with E-state index in [0.717, 1.165) is 30.9 Å². The molecule has 0 aromatic heterocycles. The largest absolute Gasteiger partial charge is 0.508 e. The van der Waals surface area contributed by atoms with Gasteiger partial charge >= 0.3 is 0 Å². The Kier molecular flexibility index (Phi) is 3.08. The number of methoxy groups -OCH3 is 1. The Morgan fingerprint density at radius 3 is 2.93 bits per heavy atom. The summed E-state index contributed by atoms with van der Waals surface area (Å²) in [6.45, 7) is 2.84. The number of phenolic OH excluding ortho intramolecular Hbond substituents is 1. The third kappa shape index (κ3) is 2.22. The van der Waals surface area contributed by atoms with Crippen molar-refractivity contribution in [3.8, 4) is 11.5 Å². The number of hydrogen-bond donors (Lipinski definition) is 3. The Morgan fingerprint density at radius 2 is 2.27 bits per heavy atom. The second-order valence-electron chi connectivity index (χ2n) is 3.64. The lowest BCUT2D eigenvalue weighted by molar-refractivity contribution is 0.377. The molecule has 1 saturated heterocycles. The van der Waals surface area contributed by atoms with E-state index in [1.165, 1.54) is 0 Å². The van der Waals surface area contributed by atoms with Crippen LogP contribution in [0.15, 0.2) is 18.2 Å². The lowest BCUT2D eigenvalue weighted by Crippen LogP contribution is -2.42. The quantitative estimate of drug-likeness (QED) is 0.667. The summed E-state index contributed by atoms with van der Waals surface area (Å²) < 4.78 is 5.25. The van der Waals surface area contributed by atoms with Crippen LogP contribution < -0.4 is 15.4 Å². The van der Waals surface area contributed by atoms with Gasteiger partial charge in [0.05, 0.1) is 7.11 Å². The van der Waals surface area contributed by atoms with E-state index in [1.54, 1.807) is 19.2 Å². The maximum Gasteiger partial charge on any atom is 0.127 e. The van der Waals surface area contributed by atoms with Gasteiger partial charge < -0.3 is 20.5 Å². The second kappa shape index (κ2) is 4.51. The van der Waals surface area contributed by atoms with Gasteiger partial charge in [-0.25, -0.2) is 0 Å². The van der Waals surface area contributed by atoms with E-state index in [1.807, 2.05) is 6.07 Å². The first kappa shape index (κ1) is 10.3. The minimum absolute atomic E-state index is 0.236. The van der Waals surface area contributed by atoms with Crippen LogP contribution in [0.4, 0.5) is 0 Å². The number of benzene rings is 1. The molecule has 0 spiro atoms. The van der Waals surface area contributed by atoms with Gasteiger partial charge in [0.25, 0.3) is 0 Å². The van der Waals surface area contributed by atoms with E-state index in [9.17, 15) is 5.11 Å². The molecule has 1 aromatic carbocycles. The van der Waals surface area contributed by atoms with E-state index in [-0.39, 0.29) is 11.8 Å². The second-order valence-corrected chi connectivity index (χ2v) is 3.64. The van der Waals surface area contributed by atoms with Crippen molar-refractivity contribution >= 4 is 0 Å². The summed E-state index contributed by atoms with van der Waals surface area (Å²) in [7, 11) is 1.62. The number of ether oxygens (including phenoxy) is 1. The van der Waals surface area contributed by atoms with Crippen LogP contribution in [0.1, 0.15) is 11.6 Å². The molecular formula is C11H16N2O2. The summed E-state index contributed by atoms with van der Waals surface area (Å²) in [6.07, 6.45) is 0. The molecule has 1 aromatic rings. The standard InChI is InChI=1S/C11H16N2O2/c1-15-11-6-8(14)2-3-9(11)10-7-12-4-5-13-10/h2-3,6,10,12-14H,4-5,7H2,1H3/t10-/m0/s1. The fourth-order valence-electron chi connectivity index (χ4n) is 1.86. The third-order valence-corrected chi connectivity index (χ3v) is 2.63.